The van der Waals surface area contributed by atoms with E-state index in [1.807, 2.05) is 19.2 Å². The second-order valence-corrected chi connectivity index (χ2v) is 4.82. The molecule has 0 bridgehead atoms. The minimum atomic E-state index is -0.260. The predicted octanol–water partition coefficient (Wildman–Crippen LogP) is 0.838. The van der Waals surface area contributed by atoms with Crippen LogP contribution in [0.4, 0.5) is 5.82 Å². The summed E-state index contributed by atoms with van der Waals surface area (Å²) in [5.74, 6) is 1.53. The Morgan fingerprint density at radius 3 is 2.95 bits per heavy atom. The molecule has 0 spiro atoms. The van der Waals surface area contributed by atoms with Gasteiger partial charge in [0, 0.05) is 32.5 Å². The lowest BCUT2D eigenvalue weighted by molar-refractivity contribution is 0.154. The van der Waals surface area contributed by atoms with Crippen LogP contribution in [0.3, 0.4) is 0 Å². The zero-order valence-electron chi connectivity index (χ0n) is 10.9. The number of rotatable bonds is 2. The number of anilines is 1. The van der Waals surface area contributed by atoms with Crippen LogP contribution in [0.2, 0.25) is 0 Å². The quantitative estimate of drug-likeness (QED) is 0.865. The van der Waals surface area contributed by atoms with Crippen molar-refractivity contribution in [1.82, 2.24) is 19.7 Å². The van der Waals surface area contributed by atoms with Gasteiger partial charge in [-0.3, -0.25) is 4.68 Å². The molecule has 2 aromatic rings. The fourth-order valence-corrected chi connectivity index (χ4v) is 2.40. The van der Waals surface area contributed by atoms with Gasteiger partial charge in [-0.15, -0.1) is 0 Å². The van der Waals surface area contributed by atoms with Crippen LogP contribution < -0.4 is 4.90 Å². The van der Waals surface area contributed by atoms with Crippen LogP contribution in [-0.2, 0) is 7.05 Å². The largest absolute Gasteiger partial charge is 0.391 e. The van der Waals surface area contributed by atoms with Gasteiger partial charge in [0.1, 0.15) is 11.5 Å². The molecule has 0 amide bonds. The maximum atomic E-state index is 9.74. The van der Waals surface area contributed by atoms with Crippen LogP contribution in [0.5, 0.6) is 0 Å². The van der Waals surface area contributed by atoms with Crippen molar-refractivity contribution in [3.05, 3.63) is 24.5 Å². The number of nitrogens with zero attached hydrogens (tertiary/aromatic N) is 5. The van der Waals surface area contributed by atoms with E-state index in [-0.39, 0.29) is 6.10 Å². The minimum Gasteiger partial charge on any atom is -0.391 e. The lowest BCUT2D eigenvalue weighted by atomic mass is 10.1. The van der Waals surface area contributed by atoms with Crippen molar-refractivity contribution in [3.8, 4) is 11.5 Å². The van der Waals surface area contributed by atoms with E-state index in [4.69, 9.17) is 0 Å². The lowest BCUT2D eigenvalue weighted by Gasteiger charge is -2.31. The molecule has 1 saturated heterocycles. The van der Waals surface area contributed by atoms with Gasteiger partial charge < -0.3 is 10.0 Å². The Bertz CT molecular complexity index is 568. The fourth-order valence-electron chi connectivity index (χ4n) is 2.40. The van der Waals surface area contributed by atoms with E-state index in [1.54, 1.807) is 17.1 Å². The first-order chi connectivity index (χ1) is 9.24. The molecule has 0 aliphatic carbocycles. The summed E-state index contributed by atoms with van der Waals surface area (Å²) in [6.45, 7) is 1.57. The maximum absolute atomic E-state index is 9.74. The van der Waals surface area contributed by atoms with Crippen LogP contribution in [0.1, 0.15) is 12.8 Å². The summed E-state index contributed by atoms with van der Waals surface area (Å²) in [4.78, 5) is 11.0. The van der Waals surface area contributed by atoms with E-state index in [1.165, 1.54) is 0 Å². The Hall–Kier alpha value is -1.95. The van der Waals surface area contributed by atoms with Gasteiger partial charge in [0.15, 0.2) is 5.82 Å². The molecule has 19 heavy (non-hydrogen) atoms. The van der Waals surface area contributed by atoms with Crippen molar-refractivity contribution < 1.29 is 5.11 Å². The van der Waals surface area contributed by atoms with Gasteiger partial charge in [-0.05, 0) is 25.0 Å². The normalized spacial score (nSPS) is 19.7. The van der Waals surface area contributed by atoms with Crippen LogP contribution in [-0.4, -0.2) is 44.0 Å². The fraction of sp³-hybridized carbons (Fsp3) is 0.462. The molecule has 0 radical (unpaired) electrons. The number of aliphatic hydroxyl groups excluding tert-OH is 1. The monoisotopic (exact) mass is 259 g/mol. The number of hydrogen-bond donors (Lipinski definition) is 1. The smallest absolute Gasteiger partial charge is 0.179 e. The number of hydrogen-bond acceptors (Lipinski definition) is 5. The van der Waals surface area contributed by atoms with E-state index in [9.17, 15) is 5.11 Å². The summed E-state index contributed by atoms with van der Waals surface area (Å²) in [6, 6.07) is 3.78. The summed E-state index contributed by atoms with van der Waals surface area (Å²) < 4.78 is 1.75. The van der Waals surface area contributed by atoms with Crippen LogP contribution >= 0.6 is 0 Å². The molecule has 1 N–H and O–H groups in total. The Kier molecular flexibility index (Phi) is 3.16. The highest BCUT2D eigenvalue weighted by Gasteiger charge is 2.19. The van der Waals surface area contributed by atoms with Gasteiger partial charge in [0.2, 0.25) is 0 Å². The zero-order chi connectivity index (χ0) is 13.2. The lowest BCUT2D eigenvalue weighted by Crippen LogP contribution is -2.38. The summed E-state index contributed by atoms with van der Waals surface area (Å²) in [5, 5.41) is 13.9. The third kappa shape index (κ3) is 2.44. The average Bonchev–Trinajstić information content (AvgIpc) is 2.85. The first-order valence-electron chi connectivity index (χ1n) is 6.48. The summed E-state index contributed by atoms with van der Waals surface area (Å²) in [6.07, 6.45) is 5.09. The van der Waals surface area contributed by atoms with Gasteiger partial charge in [-0.25, -0.2) is 9.97 Å². The molecule has 0 unspecified atom stereocenters. The van der Waals surface area contributed by atoms with Crippen molar-refractivity contribution >= 4 is 5.82 Å². The highest BCUT2D eigenvalue weighted by Crippen LogP contribution is 2.20. The molecule has 6 nitrogen and oxygen atoms in total. The average molecular weight is 259 g/mol. The van der Waals surface area contributed by atoms with Crippen molar-refractivity contribution in [2.75, 3.05) is 18.0 Å². The number of β-amino-alcohol motifs (C(OH)–C–C–N with tert-alkyl or cyclic N) is 1. The molecule has 1 aliphatic heterocycles. The Labute approximate surface area is 111 Å². The van der Waals surface area contributed by atoms with E-state index >= 15 is 0 Å². The van der Waals surface area contributed by atoms with Crippen LogP contribution in [0.15, 0.2) is 24.5 Å². The SMILES string of the molecule is Cn1nccc1-c1nccc(N2CCC[C@H](O)C2)n1. The Balaban J connectivity index is 1.90. The number of piperidine rings is 1. The Morgan fingerprint density at radius 1 is 1.32 bits per heavy atom. The van der Waals surface area contributed by atoms with Crippen LogP contribution in [0.25, 0.3) is 11.5 Å². The number of aryl methyl sites for hydroxylation is 1. The molecule has 1 atom stereocenters. The molecular weight excluding hydrogens is 242 g/mol. The van der Waals surface area contributed by atoms with Crippen molar-refractivity contribution in [3.63, 3.8) is 0 Å². The molecule has 0 saturated carbocycles. The van der Waals surface area contributed by atoms with Crippen molar-refractivity contribution in [1.29, 1.82) is 0 Å². The standard InChI is InChI=1S/C13H17N5O/c1-17-11(4-7-15-17)13-14-6-5-12(16-13)18-8-2-3-10(19)9-18/h4-7,10,19H,2-3,8-9H2,1H3/t10-/m0/s1. The second-order valence-electron chi connectivity index (χ2n) is 4.82. The molecule has 3 heterocycles. The highest BCUT2D eigenvalue weighted by molar-refractivity contribution is 5.52. The van der Waals surface area contributed by atoms with Crippen molar-refractivity contribution in [2.45, 2.75) is 18.9 Å². The van der Waals surface area contributed by atoms with E-state index in [0.29, 0.717) is 12.4 Å². The molecule has 6 heteroatoms. The minimum absolute atomic E-state index is 0.260. The molecule has 3 rings (SSSR count). The van der Waals surface area contributed by atoms with Gasteiger partial charge in [0.05, 0.1) is 6.10 Å². The van der Waals surface area contributed by atoms with Gasteiger partial charge in [-0.2, -0.15) is 5.10 Å². The Morgan fingerprint density at radius 2 is 2.21 bits per heavy atom. The summed E-state index contributed by atoms with van der Waals surface area (Å²) in [7, 11) is 1.87. The number of aliphatic hydroxyl groups is 1. The molecule has 1 aliphatic rings. The topological polar surface area (TPSA) is 67.1 Å². The van der Waals surface area contributed by atoms with Gasteiger partial charge >= 0.3 is 0 Å². The summed E-state index contributed by atoms with van der Waals surface area (Å²) in [5.41, 5.74) is 0.888. The predicted molar refractivity (Wildman–Crippen MR) is 71.7 cm³/mol. The van der Waals surface area contributed by atoms with E-state index < -0.39 is 0 Å². The molecule has 2 aromatic heterocycles. The molecular formula is C13H17N5O. The molecule has 0 aromatic carbocycles. The molecule has 1 fully saturated rings. The second kappa shape index (κ2) is 4.97. The maximum Gasteiger partial charge on any atom is 0.179 e. The van der Waals surface area contributed by atoms with Gasteiger partial charge in [0.25, 0.3) is 0 Å². The summed E-state index contributed by atoms with van der Waals surface area (Å²) >= 11 is 0. The van der Waals surface area contributed by atoms with Crippen LogP contribution in [0, 0.1) is 0 Å². The molecule has 100 valence electrons. The highest BCUT2D eigenvalue weighted by atomic mass is 16.3. The zero-order valence-corrected chi connectivity index (χ0v) is 10.9. The van der Waals surface area contributed by atoms with E-state index in [2.05, 4.69) is 20.0 Å². The first kappa shape index (κ1) is 12.1. The van der Waals surface area contributed by atoms with Gasteiger partial charge in [-0.1, -0.05) is 0 Å². The van der Waals surface area contributed by atoms with E-state index in [0.717, 1.165) is 30.9 Å². The third-order valence-corrected chi connectivity index (χ3v) is 3.41. The van der Waals surface area contributed by atoms with Crippen molar-refractivity contribution in [2.24, 2.45) is 7.05 Å². The number of aromatic nitrogens is 4. The first-order valence-corrected chi connectivity index (χ1v) is 6.48. The third-order valence-electron chi connectivity index (χ3n) is 3.41.